The van der Waals surface area contributed by atoms with Crippen LogP contribution in [0.1, 0.15) is 12.0 Å². The predicted octanol–water partition coefficient (Wildman–Crippen LogP) is 3.63. The Bertz CT molecular complexity index is 891. The summed E-state index contributed by atoms with van der Waals surface area (Å²) in [5, 5.41) is 8.09. The summed E-state index contributed by atoms with van der Waals surface area (Å²) in [4.78, 5) is 18.9. The van der Waals surface area contributed by atoms with Crippen LogP contribution in [0.25, 0.3) is 10.8 Å². The standard InChI is InChI=1S/C21H22N4O/c26-21(24-20-8-4-7-17-13-22-11-9-19(17)20)23-18-10-12-25(15-18)14-16-5-2-1-3-6-16/h1-9,11,13,18H,10,12,14-15H2,(H2,23,24,26). The number of anilines is 1. The number of urea groups is 1. The van der Waals surface area contributed by atoms with Crippen molar-refractivity contribution in [3.63, 3.8) is 0 Å². The van der Waals surface area contributed by atoms with Gasteiger partial charge >= 0.3 is 6.03 Å². The molecule has 2 aromatic carbocycles. The molecule has 0 radical (unpaired) electrons. The molecule has 2 amide bonds. The molecule has 26 heavy (non-hydrogen) atoms. The molecular weight excluding hydrogens is 324 g/mol. The maximum absolute atomic E-state index is 12.4. The summed E-state index contributed by atoms with van der Waals surface area (Å²) in [5.41, 5.74) is 2.11. The molecule has 5 nitrogen and oxygen atoms in total. The molecule has 1 saturated heterocycles. The second-order valence-corrected chi connectivity index (χ2v) is 6.71. The van der Waals surface area contributed by atoms with Gasteiger partial charge < -0.3 is 10.6 Å². The van der Waals surface area contributed by atoms with Gasteiger partial charge in [0.15, 0.2) is 0 Å². The van der Waals surface area contributed by atoms with E-state index in [0.717, 1.165) is 42.5 Å². The SMILES string of the molecule is O=C(Nc1cccc2cnccc12)NC1CCN(Cc2ccccc2)C1. The van der Waals surface area contributed by atoms with Gasteiger partial charge in [-0.25, -0.2) is 4.79 Å². The first-order chi connectivity index (χ1) is 12.8. The Morgan fingerprint density at radius 3 is 2.88 bits per heavy atom. The largest absolute Gasteiger partial charge is 0.334 e. The van der Waals surface area contributed by atoms with Crippen molar-refractivity contribution in [3.05, 3.63) is 72.6 Å². The minimum absolute atomic E-state index is 0.152. The summed E-state index contributed by atoms with van der Waals surface area (Å²) >= 11 is 0. The van der Waals surface area contributed by atoms with Crippen LogP contribution in [0, 0.1) is 0 Å². The van der Waals surface area contributed by atoms with Crippen molar-refractivity contribution in [2.75, 3.05) is 18.4 Å². The van der Waals surface area contributed by atoms with Crippen molar-refractivity contribution >= 4 is 22.5 Å². The van der Waals surface area contributed by atoms with Crippen LogP contribution in [-0.2, 0) is 6.54 Å². The lowest BCUT2D eigenvalue weighted by Gasteiger charge is -2.17. The highest BCUT2D eigenvalue weighted by molar-refractivity contribution is 6.01. The van der Waals surface area contributed by atoms with Gasteiger partial charge in [0.2, 0.25) is 0 Å². The molecule has 4 rings (SSSR count). The molecule has 1 aliphatic heterocycles. The van der Waals surface area contributed by atoms with Gasteiger partial charge in [-0.15, -0.1) is 0 Å². The topological polar surface area (TPSA) is 57.3 Å². The normalized spacial score (nSPS) is 17.3. The molecule has 0 saturated carbocycles. The lowest BCUT2D eigenvalue weighted by atomic mass is 10.1. The number of nitrogens with one attached hydrogen (secondary N) is 2. The first-order valence-electron chi connectivity index (χ1n) is 8.94. The zero-order valence-electron chi connectivity index (χ0n) is 14.6. The van der Waals surface area contributed by atoms with E-state index in [4.69, 9.17) is 0 Å². The molecule has 1 aromatic heterocycles. The van der Waals surface area contributed by atoms with Crippen molar-refractivity contribution < 1.29 is 4.79 Å². The fourth-order valence-corrected chi connectivity index (χ4v) is 3.51. The molecular formula is C21H22N4O. The van der Waals surface area contributed by atoms with Crippen LogP contribution in [0.5, 0.6) is 0 Å². The van der Waals surface area contributed by atoms with Crippen LogP contribution in [0.2, 0.25) is 0 Å². The van der Waals surface area contributed by atoms with Crippen molar-refractivity contribution in [3.8, 4) is 0 Å². The number of carbonyl (C=O) groups excluding carboxylic acids is 1. The van der Waals surface area contributed by atoms with Crippen LogP contribution in [0.15, 0.2) is 67.0 Å². The fraction of sp³-hybridized carbons (Fsp3) is 0.238. The molecule has 1 unspecified atom stereocenters. The van der Waals surface area contributed by atoms with Crippen molar-refractivity contribution in [1.29, 1.82) is 0 Å². The average Bonchev–Trinajstić information content (AvgIpc) is 3.09. The Hall–Kier alpha value is -2.92. The number of hydrogen-bond donors (Lipinski definition) is 2. The number of hydrogen-bond acceptors (Lipinski definition) is 3. The van der Waals surface area contributed by atoms with E-state index in [9.17, 15) is 4.79 Å². The quantitative estimate of drug-likeness (QED) is 0.758. The van der Waals surface area contributed by atoms with E-state index in [0.29, 0.717) is 0 Å². The van der Waals surface area contributed by atoms with Crippen molar-refractivity contribution in [2.45, 2.75) is 19.0 Å². The second-order valence-electron chi connectivity index (χ2n) is 6.71. The van der Waals surface area contributed by atoms with Crippen LogP contribution < -0.4 is 10.6 Å². The Labute approximate surface area is 153 Å². The molecule has 0 spiro atoms. The summed E-state index contributed by atoms with van der Waals surface area (Å²) in [5.74, 6) is 0. The van der Waals surface area contributed by atoms with Gasteiger partial charge in [-0.2, -0.15) is 0 Å². The second kappa shape index (κ2) is 7.54. The van der Waals surface area contributed by atoms with E-state index < -0.39 is 0 Å². The van der Waals surface area contributed by atoms with E-state index in [-0.39, 0.29) is 12.1 Å². The summed E-state index contributed by atoms with van der Waals surface area (Å²) in [6.07, 6.45) is 4.51. The Kier molecular flexibility index (Phi) is 4.80. The van der Waals surface area contributed by atoms with Gasteiger partial charge in [0, 0.05) is 48.8 Å². The molecule has 1 atom stereocenters. The number of aromatic nitrogens is 1. The zero-order chi connectivity index (χ0) is 17.8. The van der Waals surface area contributed by atoms with Gasteiger partial charge in [0.05, 0.1) is 5.69 Å². The van der Waals surface area contributed by atoms with Gasteiger partial charge in [-0.3, -0.25) is 9.88 Å². The van der Waals surface area contributed by atoms with Crippen LogP contribution >= 0.6 is 0 Å². The summed E-state index contributed by atoms with van der Waals surface area (Å²) in [6.45, 7) is 2.80. The van der Waals surface area contributed by atoms with E-state index >= 15 is 0 Å². The number of pyridine rings is 1. The number of amides is 2. The minimum atomic E-state index is -0.152. The van der Waals surface area contributed by atoms with E-state index in [1.165, 1.54) is 5.56 Å². The number of likely N-dealkylation sites (tertiary alicyclic amines) is 1. The summed E-state index contributed by atoms with van der Waals surface area (Å²) in [6, 6.07) is 18.2. The lowest BCUT2D eigenvalue weighted by molar-refractivity contribution is 0.247. The number of benzene rings is 2. The van der Waals surface area contributed by atoms with Gasteiger partial charge in [0.25, 0.3) is 0 Å². The third-order valence-corrected chi connectivity index (χ3v) is 4.79. The van der Waals surface area contributed by atoms with Crippen LogP contribution in [-0.4, -0.2) is 35.0 Å². The third-order valence-electron chi connectivity index (χ3n) is 4.79. The molecule has 1 aliphatic rings. The highest BCUT2D eigenvalue weighted by Gasteiger charge is 2.23. The smallest absolute Gasteiger partial charge is 0.319 e. The van der Waals surface area contributed by atoms with Gasteiger partial charge in [-0.05, 0) is 24.1 Å². The van der Waals surface area contributed by atoms with Crippen molar-refractivity contribution in [2.24, 2.45) is 0 Å². The molecule has 1 fully saturated rings. The molecule has 2 N–H and O–H groups in total. The summed E-state index contributed by atoms with van der Waals surface area (Å²) in [7, 11) is 0. The van der Waals surface area contributed by atoms with E-state index in [2.05, 4.69) is 44.8 Å². The highest BCUT2D eigenvalue weighted by Crippen LogP contribution is 2.22. The number of rotatable bonds is 4. The maximum Gasteiger partial charge on any atom is 0.319 e. The molecule has 2 heterocycles. The third kappa shape index (κ3) is 3.83. The number of fused-ring (bicyclic) bond motifs is 1. The predicted molar refractivity (Wildman–Crippen MR) is 104 cm³/mol. The molecule has 0 bridgehead atoms. The highest BCUT2D eigenvalue weighted by atomic mass is 16.2. The Balaban J connectivity index is 1.34. The van der Waals surface area contributed by atoms with Crippen molar-refractivity contribution in [1.82, 2.24) is 15.2 Å². The average molecular weight is 346 g/mol. The first kappa shape index (κ1) is 16.5. The molecule has 5 heteroatoms. The minimum Gasteiger partial charge on any atom is -0.334 e. The monoisotopic (exact) mass is 346 g/mol. The Morgan fingerprint density at radius 2 is 2.00 bits per heavy atom. The van der Waals surface area contributed by atoms with Crippen LogP contribution in [0.3, 0.4) is 0 Å². The maximum atomic E-state index is 12.4. The lowest BCUT2D eigenvalue weighted by Crippen LogP contribution is -2.39. The van der Waals surface area contributed by atoms with Gasteiger partial charge in [-0.1, -0.05) is 42.5 Å². The molecule has 132 valence electrons. The Morgan fingerprint density at radius 1 is 1.12 bits per heavy atom. The zero-order valence-corrected chi connectivity index (χ0v) is 14.6. The van der Waals surface area contributed by atoms with Crippen LogP contribution in [0.4, 0.5) is 10.5 Å². The molecule has 0 aliphatic carbocycles. The molecule has 3 aromatic rings. The summed E-state index contributed by atoms with van der Waals surface area (Å²) < 4.78 is 0. The number of carbonyl (C=O) groups is 1. The number of nitrogens with zero attached hydrogens (tertiary/aromatic N) is 2. The van der Waals surface area contributed by atoms with E-state index in [1.807, 2.05) is 30.3 Å². The van der Waals surface area contributed by atoms with Gasteiger partial charge in [0.1, 0.15) is 0 Å². The first-order valence-corrected chi connectivity index (χ1v) is 8.94. The fourth-order valence-electron chi connectivity index (χ4n) is 3.51. The van der Waals surface area contributed by atoms with E-state index in [1.54, 1.807) is 12.4 Å².